The minimum Gasteiger partial charge on any atom is -0.497 e. The average molecular weight is 364 g/mol. The van der Waals surface area contributed by atoms with Gasteiger partial charge in [0.05, 0.1) is 13.2 Å². The van der Waals surface area contributed by atoms with E-state index in [4.69, 9.17) is 4.74 Å². The van der Waals surface area contributed by atoms with Crippen molar-refractivity contribution >= 4 is 17.5 Å². The molecule has 1 saturated heterocycles. The van der Waals surface area contributed by atoms with Crippen LogP contribution in [0.3, 0.4) is 0 Å². The van der Waals surface area contributed by atoms with Gasteiger partial charge in [0.2, 0.25) is 5.91 Å². The van der Waals surface area contributed by atoms with Crippen LogP contribution in [0.4, 0.5) is 5.69 Å². The first-order valence-electron chi connectivity index (χ1n) is 9.51. The summed E-state index contributed by atoms with van der Waals surface area (Å²) in [5, 5.41) is 3.19. The van der Waals surface area contributed by atoms with Crippen molar-refractivity contribution in [3.05, 3.63) is 59.7 Å². The minimum atomic E-state index is -0.101. The highest BCUT2D eigenvalue weighted by Crippen LogP contribution is 2.41. The Morgan fingerprint density at radius 1 is 1.19 bits per heavy atom. The van der Waals surface area contributed by atoms with Gasteiger partial charge in [-0.25, -0.2) is 0 Å². The summed E-state index contributed by atoms with van der Waals surface area (Å²) < 4.78 is 5.23. The Kier molecular flexibility index (Phi) is 4.84. The third-order valence-corrected chi connectivity index (χ3v) is 5.35. The van der Waals surface area contributed by atoms with Gasteiger partial charge in [-0.2, -0.15) is 0 Å². The number of benzene rings is 2. The summed E-state index contributed by atoms with van der Waals surface area (Å²) in [6.45, 7) is 0.723. The summed E-state index contributed by atoms with van der Waals surface area (Å²) in [6, 6.07) is 15.2. The van der Waals surface area contributed by atoms with Gasteiger partial charge in [0.25, 0.3) is 5.91 Å². The Hall–Kier alpha value is -2.82. The maximum Gasteiger partial charge on any atom is 0.251 e. The largest absolute Gasteiger partial charge is 0.497 e. The van der Waals surface area contributed by atoms with E-state index >= 15 is 0 Å². The third-order valence-electron chi connectivity index (χ3n) is 5.35. The van der Waals surface area contributed by atoms with E-state index < -0.39 is 0 Å². The van der Waals surface area contributed by atoms with Crippen molar-refractivity contribution in [2.75, 3.05) is 18.6 Å². The number of amides is 2. The molecule has 5 nitrogen and oxygen atoms in total. The molecule has 2 aromatic carbocycles. The quantitative estimate of drug-likeness (QED) is 0.850. The van der Waals surface area contributed by atoms with Crippen molar-refractivity contribution in [2.24, 2.45) is 5.92 Å². The van der Waals surface area contributed by atoms with E-state index in [1.54, 1.807) is 18.1 Å². The van der Waals surface area contributed by atoms with Gasteiger partial charge >= 0.3 is 0 Å². The third kappa shape index (κ3) is 3.82. The van der Waals surface area contributed by atoms with Crippen LogP contribution >= 0.6 is 0 Å². The maximum atomic E-state index is 12.9. The molecule has 1 aliphatic carbocycles. The zero-order valence-electron chi connectivity index (χ0n) is 15.5. The van der Waals surface area contributed by atoms with E-state index in [9.17, 15) is 9.59 Å². The molecule has 1 N–H and O–H groups in total. The number of carbonyl (C=O) groups excluding carboxylic acids is 2. The molecular formula is C22H24N2O3. The van der Waals surface area contributed by atoms with E-state index in [1.165, 1.54) is 0 Å². The number of nitrogens with one attached hydrogen (secondary N) is 1. The predicted octanol–water partition coefficient (Wildman–Crippen LogP) is 3.70. The molecule has 5 heteroatoms. The lowest BCUT2D eigenvalue weighted by Crippen LogP contribution is -2.30. The molecule has 1 atom stereocenters. The van der Waals surface area contributed by atoms with Gasteiger partial charge in [-0.3, -0.25) is 9.59 Å². The summed E-state index contributed by atoms with van der Waals surface area (Å²) in [5.41, 5.74) is 2.49. The molecule has 1 unspecified atom stereocenters. The molecule has 1 saturated carbocycles. The van der Waals surface area contributed by atoms with Crippen molar-refractivity contribution in [1.82, 2.24) is 5.32 Å². The van der Waals surface area contributed by atoms with E-state index in [0.29, 0.717) is 17.9 Å². The van der Waals surface area contributed by atoms with Crippen molar-refractivity contribution in [2.45, 2.75) is 31.7 Å². The second kappa shape index (κ2) is 7.43. The Labute approximate surface area is 159 Å². The lowest BCUT2D eigenvalue weighted by Gasteiger charge is -2.20. The van der Waals surface area contributed by atoms with Gasteiger partial charge in [-0.15, -0.1) is 0 Å². The zero-order chi connectivity index (χ0) is 18.8. The second-order valence-corrected chi connectivity index (χ2v) is 7.26. The fraction of sp³-hybridized carbons (Fsp3) is 0.364. The first-order valence-corrected chi connectivity index (χ1v) is 9.51. The lowest BCUT2D eigenvalue weighted by molar-refractivity contribution is -0.117. The van der Waals surface area contributed by atoms with E-state index in [-0.39, 0.29) is 17.9 Å². The molecule has 0 aromatic heterocycles. The maximum absolute atomic E-state index is 12.9. The highest BCUT2D eigenvalue weighted by Gasteiger charge is 2.33. The van der Waals surface area contributed by atoms with Crippen molar-refractivity contribution in [3.63, 3.8) is 0 Å². The van der Waals surface area contributed by atoms with Crippen LogP contribution in [-0.2, 0) is 4.79 Å². The number of ether oxygens (including phenoxy) is 1. The normalized spacial score (nSPS) is 17.7. The Morgan fingerprint density at radius 3 is 2.59 bits per heavy atom. The first-order chi connectivity index (χ1) is 13.2. The van der Waals surface area contributed by atoms with Crippen LogP contribution in [0.25, 0.3) is 0 Å². The fourth-order valence-corrected chi connectivity index (χ4v) is 3.67. The van der Waals surface area contributed by atoms with Crippen molar-refractivity contribution in [1.29, 1.82) is 0 Å². The average Bonchev–Trinajstić information content (AvgIpc) is 3.46. The summed E-state index contributed by atoms with van der Waals surface area (Å²) in [6.07, 6.45) is 3.70. The number of hydrogen-bond acceptors (Lipinski definition) is 3. The molecular weight excluding hydrogens is 340 g/mol. The predicted molar refractivity (Wildman–Crippen MR) is 104 cm³/mol. The monoisotopic (exact) mass is 364 g/mol. The van der Waals surface area contributed by atoms with Gasteiger partial charge in [0, 0.05) is 24.2 Å². The lowest BCUT2D eigenvalue weighted by atomic mass is 10.0. The molecule has 0 spiro atoms. The Morgan fingerprint density at radius 2 is 1.96 bits per heavy atom. The van der Waals surface area contributed by atoms with Crippen LogP contribution in [0.2, 0.25) is 0 Å². The Bertz CT molecular complexity index is 843. The summed E-state index contributed by atoms with van der Waals surface area (Å²) in [7, 11) is 1.65. The summed E-state index contributed by atoms with van der Waals surface area (Å²) in [4.78, 5) is 26.6. The van der Waals surface area contributed by atoms with Crippen LogP contribution < -0.4 is 15.0 Å². The summed E-state index contributed by atoms with van der Waals surface area (Å²) in [5.74, 6) is 1.31. The molecule has 2 amide bonds. The molecule has 1 aliphatic heterocycles. The zero-order valence-corrected chi connectivity index (χ0v) is 15.5. The number of nitrogens with zero attached hydrogens (tertiary/aromatic N) is 1. The van der Waals surface area contributed by atoms with Gasteiger partial charge in [-0.1, -0.05) is 18.2 Å². The van der Waals surface area contributed by atoms with Crippen LogP contribution in [-0.4, -0.2) is 25.5 Å². The summed E-state index contributed by atoms with van der Waals surface area (Å²) >= 11 is 0. The molecule has 2 aliphatic rings. The highest BCUT2D eigenvalue weighted by atomic mass is 16.5. The van der Waals surface area contributed by atoms with Crippen molar-refractivity contribution in [3.8, 4) is 5.75 Å². The Balaban J connectivity index is 1.52. The van der Waals surface area contributed by atoms with Crippen LogP contribution in [0.1, 0.15) is 47.6 Å². The molecule has 0 bridgehead atoms. The molecule has 2 aromatic rings. The highest BCUT2D eigenvalue weighted by molar-refractivity contribution is 5.99. The van der Waals surface area contributed by atoms with E-state index in [0.717, 1.165) is 42.8 Å². The standard InChI is InChI=1S/C22H24N2O3/c1-27-19-11-9-16(10-12-19)21(15-7-8-15)23-22(26)17-4-2-5-18(14-17)24-13-3-6-20(24)25/h2,4-5,9-12,14-15,21H,3,6-8,13H2,1H3,(H,23,26). The smallest absolute Gasteiger partial charge is 0.251 e. The fourth-order valence-electron chi connectivity index (χ4n) is 3.67. The van der Waals surface area contributed by atoms with Gasteiger partial charge in [-0.05, 0) is 61.1 Å². The van der Waals surface area contributed by atoms with Gasteiger partial charge in [0.15, 0.2) is 0 Å². The number of carbonyl (C=O) groups is 2. The molecule has 1 heterocycles. The number of hydrogen-bond donors (Lipinski definition) is 1. The topological polar surface area (TPSA) is 58.6 Å². The van der Waals surface area contributed by atoms with Crippen LogP contribution in [0.15, 0.2) is 48.5 Å². The van der Waals surface area contributed by atoms with E-state index in [1.807, 2.05) is 42.5 Å². The van der Waals surface area contributed by atoms with Gasteiger partial charge < -0.3 is 15.0 Å². The molecule has 4 rings (SSSR count). The molecule has 2 fully saturated rings. The number of methoxy groups -OCH3 is 1. The van der Waals surface area contributed by atoms with E-state index in [2.05, 4.69) is 5.32 Å². The molecule has 27 heavy (non-hydrogen) atoms. The molecule has 0 radical (unpaired) electrons. The second-order valence-electron chi connectivity index (χ2n) is 7.26. The number of anilines is 1. The molecule has 140 valence electrons. The van der Waals surface area contributed by atoms with Gasteiger partial charge in [0.1, 0.15) is 5.75 Å². The number of rotatable bonds is 6. The SMILES string of the molecule is COc1ccc(C(NC(=O)c2cccc(N3CCCC3=O)c2)C2CC2)cc1. The van der Waals surface area contributed by atoms with Crippen LogP contribution in [0.5, 0.6) is 5.75 Å². The first kappa shape index (κ1) is 17.6. The van der Waals surface area contributed by atoms with Crippen LogP contribution in [0, 0.1) is 5.92 Å². The van der Waals surface area contributed by atoms with Crippen molar-refractivity contribution < 1.29 is 14.3 Å². The minimum absolute atomic E-state index is 0.000445.